The molecule has 1 unspecified atom stereocenters. The molecule has 0 bridgehead atoms. The Labute approximate surface area is 99.5 Å². The standard InChI is InChI=1S/C12H13ClN2O/c1-8-6-7-10(16-8)9(2)14-12-5-3-4-11(13)15-12/h3-7,9H,1-2H3,(H,14,15). The first-order chi connectivity index (χ1) is 7.65. The molecular formula is C12H13ClN2O. The first-order valence-corrected chi connectivity index (χ1v) is 5.48. The van der Waals surface area contributed by atoms with Gasteiger partial charge >= 0.3 is 0 Å². The van der Waals surface area contributed by atoms with Gasteiger partial charge in [0.05, 0.1) is 6.04 Å². The zero-order chi connectivity index (χ0) is 11.5. The van der Waals surface area contributed by atoms with Gasteiger partial charge in [-0.1, -0.05) is 17.7 Å². The summed E-state index contributed by atoms with van der Waals surface area (Å²) in [5.41, 5.74) is 0. The van der Waals surface area contributed by atoms with Gasteiger partial charge in [0.2, 0.25) is 0 Å². The van der Waals surface area contributed by atoms with Crippen LogP contribution in [0.25, 0.3) is 0 Å². The van der Waals surface area contributed by atoms with Crippen molar-refractivity contribution in [1.82, 2.24) is 4.98 Å². The molecule has 0 saturated heterocycles. The van der Waals surface area contributed by atoms with Crippen molar-refractivity contribution in [3.05, 3.63) is 47.0 Å². The van der Waals surface area contributed by atoms with Crippen molar-refractivity contribution < 1.29 is 4.42 Å². The Balaban J connectivity index is 2.10. The second-order valence-electron chi connectivity index (χ2n) is 3.66. The fraction of sp³-hybridized carbons (Fsp3) is 0.250. The first-order valence-electron chi connectivity index (χ1n) is 5.10. The molecule has 16 heavy (non-hydrogen) atoms. The lowest BCUT2D eigenvalue weighted by molar-refractivity contribution is 0.466. The summed E-state index contributed by atoms with van der Waals surface area (Å²) < 4.78 is 5.52. The number of hydrogen-bond acceptors (Lipinski definition) is 3. The maximum atomic E-state index is 5.80. The number of aryl methyl sites for hydroxylation is 1. The van der Waals surface area contributed by atoms with Crippen LogP contribution < -0.4 is 5.32 Å². The Hall–Kier alpha value is -1.48. The van der Waals surface area contributed by atoms with Crippen molar-refractivity contribution >= 4 is 17.4 Å². The molecule has 1 N–H and O–H groups in total. The van der Waals surface area contributed by atoms with E-state index in [0.717, 1.165) is 17.3 Å². The molecule has 1 atom stereocenters. The van der Waals surface area contributed by atoms with Crippen molar-refractivity contribution in [3.8, 4) is 0 Å². The fourth-order valence-electron chi connectivity index (χ4n) is 1.47. The number of rotatable bonds is 3. The normalized spacial score (nSPS) is 12.4. The van der Waals surface area contributed by atoms with E-state index in [9.17, 15) is 0 Å². The van der Waals surface area contributed by atoms with Crippen molar-refractivity contribution in [3.63, 3.8) is 0 Å². The quantitative estimate of drug-likeness (QED) is 0.824. The molecule has 0 aliphatic carbocycles. The molecule has 0 fully saturated rings. The highest BCUT2D eigenvalue weighted by Crippen LogP contribution is 2.20. The van der Waals surface area contributed by atoms with Gasteiger partial charge in [-0.25, -0.2) is 4.98 Å². The van der Waals surface area contributed by atoms with E-state index in [4.69, 9.17) is 16.0 Å². The van der Waals surface area contributed by atoms with Crippen LogP contribution in [-0.2, 0) is 0 Å². The molecule has 0 aliphatic rings. The maximum Gasteiger partial charge on any atom is 0.131 e. The van der Waals surface area contributed by atoms with Gasteiger partial charge in [-0.3, -0.25) is 0 Å². The maximum absolute atomic E-state index is 5.80. The van der Waals surface area contributed by atoms with Crippen LogP contribution in [0.15, 0.2) is 34.7 Å². The predicted octanol–water partition coefficient (Wildman–Crippen LogP) is 3.81. The van der Waals surface area contributed by atoms with Gasteiger partial charge in [0.25, 0.3) is 0 Å². The lowest BCUT2D eigenvalue weighted by atomic mass is 10.2. The smallest absolute Gasteiger partial charge is 0.131 e. The monoisotopic (exact) mass is 236 g/mol. The van der Waals surface area contributed by atoms with Gasteiger partial charge in [0.1, 0.15) is 22.5 Å². The highest BCUT2D eigenvalue weighted by molar-refractivity contribution is 6.29. The number of aromatic nitrogens is 1. The van der Waals surface area contributed by atoms with Crippen molar-refractivity contribution in [2.45, 2.75) is 19.9 Å². The molecule has 2 heterocycles. The molecule has 0 radical (unpaired) electrons. The summed E-state index contributed by atoms with van der Waals surface area (Å²) in [6, 6.07) is 9.44. The average molecular weight is 237 g/mol. The highest BCUT2D eigenvalue weighted by Gasteiger charge is 2.09. The minimum Gasteiger partial charge on any atom is -0.464 e. The van der Waals surface area contributed by atoms with Crippen LogP contribution in [0.1, 0.15) is 24.5 Å². The Bertz CT molecular complexity index is 481. The molecular weight excluding hydrogens is 224 g/mol. The number of nitrogens with one attached hydrogen (secondary N) is 1. The SMILES string of the molecule is Cc1ccc(C(C)Nc2cccc(Cl)n2)o1. The van der Waals surface area contributed by atoms with Crippen LogP contribution in [0.5, 0.6) is 0 Å². The minimum absolute atomic E-state index is 0.0691. The van der Waals surface area contributed by atoms with Crippen LogP contribution in [-0.4, -0.2) is 4.98 Å². The summed E-state index contributed by atoms with van der Waals surface area (Å²) in [5, 5.41) is 3.70. The van der Waals surface area contributed by atoms with E-state index in [2.05, 4.69) is 10.3 Å². The number of anilines is 1. The van der Waals surface area contributed by atoms with Gasteiger partial charge < -0.3 is 9.73 Å². The van der Waals surface area contributed by atoms with Gasteiger partial charge in [-0.05, 0) is 38.1 Å². The van der Waals surface area contributed by atoms with E-state index in [0.29, 0.717) is 5.15 Å². The summed E-state index contributed by atoms with van der Waals surface area (Å²) >= 11 is 5.80. The van der Waals surface area contributed by atoms with Crippen LogP contribution >= 0.6 is 11.6 Å². The summed E-state index contributed by atoms with van der Waals surface area (Å²) in [6.45, 7) is 3.94. The largest absolute Gasteiger partial charge is 0.464 e. The third-order valence-electron chi connectivity index (χ3n) is 2.27. The van der Waals surface area contributed by atoms with Crippen LogP contribution in [0.4, 0.5) is 5.82 Å². The second-order valence-corrected chi connectivity index (χ2v) is 4.05. The number of pyridine rings is 1. The number of halogens is 1. The molecule has 3 nitrogen and oxygen atoms in total. The summed E-state index contributed by atoms with van der Waals surface area (Å²) in [7, 11) is 0. The zero-order valence-corrected chi connectivity index (χ0v) is 9.95. The molecule has 0 aliphatic heterocycles. The van der Waals surface area contributed by atoms with E-state index in [1.54, 1.807) is 6.07 Å². The fourth-order valence-corrected chi connectivity index (χ4v) is 1.63. The van der Waals surface area contributed by atoms with E-state index >= 15 is 0 Å². The van der Waals surface area contributed by atoms with Crippen LogP contribution in [0, 0.1) is 6.92 Å². The van der Waals surface area contributed by atoms with Gasteiger partial charge in [-0.2, -0.15) is 0 Å². The third-order valence-corrected chi connectivity index (χ3v) is 2.48. The van der Waals surface area contributed by atoms with E-state index < -0.39 is 0 Å². The van der Waals surface area contributed by atoms with E-state index in [-0.39, 0.29) is 6.04 Å². The van der Waals surface area contributed by atoms with Gasteiger partial charge in [-0.15, -0.1) is 0 Å². The van der Waals surface area contributed by atoms with Crippen molar-refractivity contribution in [2.24, 2.45) is 0 Å². The van der Waals surface area contributed by atoms with Gasteiger partial charge in [0.15, 0.2) is 0 Å². The van der Waals surface area contributed by atoms with Crippen molar-refractivity contribution in [2.75, 3.05) is 5.32 Å². The van der Waals surface area contributed by atoms with E-state index in [1.807, 2.05) is 38.1 Å². The minimum atomic E-state index is 0.0691. The summed E-state index contributed by atoms with van der Waals surface area (Å²) in [4.78, 5) is 4.16. The number of furan rings is 1. The Morgan fingerprint density at radius 1 is 1.31 bits per heavy atom. The second kappa shape index (κ2) is 4.58. The van der Waals surface area contributed by atoms with Crippen molar-refractivity contribution in [1.29, 1.82) is 0 Å². The lowest BCUT2D eigenvalue weighted by Crippen LogP contribution is -2.06. The molecule has 2 aromatic heterocycles. The average Bonchev–Trinajstić information content (AvgIpc) is 2.65. The molecule has 2 aromatic rings. The van der Waals surface area contributed by atoms with E-state index in [1.165, 1.54) is 0 Å². The Kier molecular flexibility index (Phi) is 3.15. The molecule has 4 heteroatoms. The highest BCUT2D eigenvalue weighted by atomic mass is 35.5. The molecule has 0 aromatic carbocycles. The Morgan fingerprint density at radius 2 is 2.12 bits per heavy atom. The third kappa shape index (κ3) is 2.55. The van der Waals surface area contributed by atoms with Gasteiger partial charge in [0, 0.05) is 0 Å². The lowest BCUT2D eigenvalue weighted by Gasteiger charge is -2.11. The Morgan fingerprint density at radius 3 is 2.75 bits per heavy atom. The topological polar surface area (TPSA) is 38.1 Å². The summed E-state index contributed by atoms with van der Waals surface area (Å²) in [5.74, 6) is 2.54. The molecule has 0 saturated carbocycles. The zero-order valence-electron chi connectivity index (χ0n) is 9.20. The number of hydrogen-bond donors (Lipinski definition) is 1. The molecule has 84 valence electrons. The predicted molar refractivity (Wildman–Crippen MR) is 64.7 cm³/mol. The van der Waals surface area contributed by atoms with Crippen LogP contribution in [0.3, 0.4) is 0 Å². The number of nitrogens with zero attached hydrogens (tertiary/aromatic N) is 1. The van der Waals surface area contributed by atoms with Crippen LogP contribution in [0.2, 0.25) is 5.15 Å². The molecule has 0 amide bonds. The summed E-state index contributed by atoms with van der Waals surface area (Å²) in [6.07, 6.45) is 0. The molecule has 2 rings (SSSR count). The molecule has 0 spiro atoms. The first kappa shape index (κ1) is 11.0.